The zero-order valence-electron chi connectivity index (χ0n) is 15.2. The summed E-state index contributed by atoms with van der Waals surface area (Å²) in [7, 11) is -1.38. The predicted molar refractivity (Wildman–Crippen MR) is 93.6 cm³/mol. The van der Waals surface area contributed by atoms with Crippen LogP contribution in [0, 0.1) is 0 Å². The Morgan fingerprint density at radius 1 is 0.958 bits per heavy atom. The quantitative estimate of drug-likeness (QED) is 0.533. The molecular weight excluding hydrogens is 356 g/mol. The van der Waals surface area contributed by atoms with Gasteiger partial charge in [0.05, 0.1) is 0 Å². The molecule has 0 bridgehead atoms. The third kappa shape index (κ3) is 3.63. The normalized spacial score (nSPS) is 16.5. The molecule has 0 heterocycles. The van der Waals surface area contributed by atoms with Gasteiger partial charge in [-0.1, -0.05) is 30.3 Å². The molecule has 0 amide bonds. The number of halogens is 3. The standard InChI is InChI=1S/C15H26F3N2O2PSi/c1-19(2)23(21,20(3)4)14(15(16,17)18,22-24(5,6)7)13-11-9-8-10-12-13/h8-12H,1-7H3. The number of benzene rings is 1. The highest BCUT2D eigenvalue weighted by atomic mass is 31.2. The summed E-state index contributed by atoms with van der Waals surface area (Å²) in [6.45, 7) is 4.98. The number of rotatable bonds is 6. The minimum Gasteiger partial charge on any atom is -0.393 e. The fraction of sp³-hybridized carbons (Fsp3) is 0.600. The Balaban J connectivity index is 3.95. The highest BCUT2D eigenvalue weighted by molar-refractivity contribution is 7.60. The van der Waals surface area contributed by atoms with E-state index in [1.807, 2.05) is 0 Å². The van der Waals surface area contributed by atoms with Crippen LogP contribution in [0.5, 0.6) is 0 Å². The van der Waals surface area contributed by atoms with Crippen molar-refractivity contribution in [2.24, 2.45) is 0 Å². The van der Waals surface area contributed by atoms with Gasteiger partial charge in [-0.25, -0.2) is 9.34 Å². The van der Waals surface area contributed by atoms with Gasteiger partial charge < -0.3 is 4.43 Å². The summed E-state index contributed by atoms with van der Waals surface area (Å²) in [4.78, 5) is 0. The summed E-state index contributed by atoms with van der Waals surface area (Å²) in [5.41, 5.74) is -0.148. The molecular formula is C15H26F3N2O2PSi. The maximum atomic E-state index is 14.5. The smallest absolute Gasteiger partial charge is 0.393 e. The molecule has 0 aliphatic heterocycles. The van der Waals surface area contributed by atoms with Gasteiger partial charge in [-0.2, -0.15) is 13.2 Å². The average molecular weight is 382 g/mol. The molecule has 1 unspecified atom stereocenters. The first-order valence-corrected chi connectivity index (χ1v) is 12.5. The first kappa shape index (κ1) is 21.4. The SMILES string of the molecule is CN(C)P(=O)(N(C)C)C(O[Si](C)(C)C)(c1ccccc1)C(F)(F)F. The van der Waals surface area contributed by atoms with Gasteiger partial charge in [-0.05, 0) is 47.8 Å². The largest absolute Gasteiger partial charge is 0.430 e. The summed E-state index contributed by atoms with van der Waals surface area (Å²) in [6, 6.07) is 7.27. The van der Waals surface area contributed by atoms with Gasteiger partial charge in [0.1, 0.15) is 0 Å². The van der Waals surface area contributed by atoms with Crippen molar-refractivity contribution in [3.63, 3.8) is 0 Å². The van der Waals surface area contributed by atoms with E-state index in [0.29, 0.717) is 0 Å². The molecule has 1 rings (SSSR count). The molecule has 0 saturated carbocycles. The van der Waals surface area contributed by atoms with Gasteiger partial charge in [0.2, 0.25) is 0 Å². The van der Waals surface area contributed by atoms with Gasteiger partial charge in [-0.3, -0.25) is 4.57 Å². The van der Waals surface area contributed by atoms with Crippen LogP contribution in [-0.4, -0.2) is 52.0 Å². The Kier molecular flexibility index (Phi) is 6.16. The first-order valence-electron chi connectivity index (χ1n) is 7.48. The summed E-state index contributed by atoms with van der Waals surface area (Å²) in [6.07, 6.45) is -4.86. The summed E-state index contributed by atoms with van der Waals surface area (Å²) < 4.78 is 65.2. The molecule has 1 aromatic carbocycles. The molecule has 0 fully saturated rings. The third-order valence-electron chi connectivity index (χ3n) is 3.50. The van der Waals surface area contributed by atoms with Crippen LogP contribution < -0.4 is 0 Å². The summed E-state index contributed by atoms with van der Waals surface area (Å²) >= 11 is 0. The number of hydrogen-bond acceptors (Lipinski definition) is 2. The molecule has 0 aliphatic rings. The monoisotopic (exact) mass is 382 g/mol. The van der Waals surface area contributed by atoms with Crippen molar-refractivity contribution < 1.29 is 22.2 Å². The van der Waals surface area contributed by atoms with Gasteiger partial charge in [0.25, 0.3) is 12.8 Å². The Morgan fingerprint density at radius 3 is 1.67 bits per heavy atom. The molecule has 9 heteroatoms. The van der Waals surface area contributed by atoms with Crippen LogP contribution in [0.25, 0.3) is 0 Å². The zero-order valence-corrected chi connectivity index (χ0v) is 17.1. The van der Waals surface area contributed by atoms with Gasteiger partial charge in [0.15, 0.2) is 8.32 Å². The number of hydrogen-bond donors (Lipinski definition) is 0. The van der Waals surface area contributed by atoms with E-state index in [4.69, 9.17) is 4.43 Å². The molecule has 1 atom stereocenters. The minimum atomic E-state index is -4.86. The lowest BCUT2D eigenvalue weighted by molar-refractivity contribution is -0.225. The van der Waals surface area contributed by atoms with Crippen LogP contribution in [0.15, 0.2) is 30.3 Å². The van der Waals surface area contributed by atoms with Crippen molar-refractivity contribution in [3.8, 4) is 0 Å². The van der Waals surface area contributed by atoms with Crippen LogP contribution in [-0.2, 0) is 14.3 Å². The van der Waals surface area contributed by atoms with Crippen LogP contribution in [0.3, 0.4) is 0 Å². The molecule has 0 saturated heterocycles. The van der Waals surface area contributed by atoms with E-state index in [-0.39, 0.29) is 5.56 Å². The Labute approximate surface area is 143 Å². The maximum Gasteiger partial charge on any atom is 0.430 e. The van der Waals surface area contributed by atoms with E-state index in [1.165, 1.54) is 52.5 Å². The van der Waals surface area contributed by atoms with E-state index in [1.54, 1.807) is 25.7 Å². The Bertz CT molecular complexity index is 591. The summed E-state index contributed by atoms with van der Waals surface area (Å²) in [5.74, 6) is 0. The fourth-order valence-electron chi connectivity index (χ4n) is 2.70. The lowest BCUT2D eigenvalue weighted by Crippen LogP contribution is -2.54. The molecule has 0 N–H and O–H groups in total. The molecule has 0 radical (unpaired) electrons. The van der Waals surface area contributed by atoms with E-state index >= 15 is 0 Å². The van der Waals surface area contributed by atoms with Gasteiger partial charge >= 0.3 is 6.18 Å². The zero-order chi connectivity index (χ0) is 19.0. The Morgan fingerprint density at radius 2 is 1.38 bits per heavy atom. The summed E-state index contributed by atoms with van der Waals surface area (Å²) in [5, 5.41) is -2.92. The van der Waals surface area contributed by atoms with E-state index in [0.717, 1.165) is 9.34 Å². The van der Waals surface area contributed by atoms with E-state index in [2.05, 4.69) is 0 Å². The molecule has 0 aromatic heterocycles. The van der Waals surface area contributed by atoms with Crippen molar-refractivity contribution in [3.05, 3.63) is 35.9 Å². The highest BCUT2D eigenvalue weighted by Crippen LogP contribution is 2.72. The second-order valence-corrected chi connectivity index (χ2v) is 14.7. The predicted octanol–water partition coefficient (Wildman–Crippen LogP) is 4.57. The molecule has 138 valence electrons. The molecule has 0 spiro atoms. The lowest BCUT2D eigenvalue weighted by atomic mass is 10.1. The van der Waals surface area contributed by atoms with Gasteiger partial charge in [0, 0.05) is 5.56 Å². The van der Waals surface area contributed by atoms with Crippen LogP contribution in [0.4, 0.5) is 13.2 Å². The second-order valence-electron chi connectivity index (χ2n) is 6.96. The Hall–Kier alpha value is -0.663. The number of nitrogens with zero attached hydrogens (tertiary/aromatic N) is 2. The van der Waals surface area contributed by atoms with Crippen molar-refractivity contribution >= 4 is 15.8 Å². The van der Waals surface area contributed by atoms with Crippen molar-refractivity contribution in [2.45, 2.75) is 31.2 Å². The topological polar surface area (TPSA) is 32.8 Å². The molecule has 4 nitrogen and oxygen atoms in total. The van der Waals surface area contributed by atoms with E-state index in [9.17, 15) is 17.7 Å². The molecule has 1 aromatic rings. The fourth-order valence-corrected chi connectivity index (χ4v) is 7.78. The third-order valence-corrected chi connectivity index (χ3v) is 8.18. The van der Waals surface area contributed by atoms with Crippen LogP contribution in [0.2, 0.25) is 19.6 Å². The molecule has 0 aliphatic carbocycles. The average Bonchev–Trinajstić information content (AvgIpc) is 2.42. The lowest BCUT2D eigenvalue weighted by Gasteiger charge is -2.49. The highest BCUT2D eigenvalue weighted by Gasteiger charge is 2.71. The molecule has 24 heavy (non-hydrogen) atoms. The van der Waals surface area contributed by atoms with Crippen molar-refractivity contribution in [1.29, 1.82) is 0 Å². The van der Waals surface area contributed by atoms with Crippen molar-refractivity contribution in [1.82, 2.24) is 9.34 Å². The van der Waals surface area contributed by atoms with Crippen molar-refractivity contribution in [2.75, 3.05) is 28.2 Å². The minimum absolute atomic E-state index is 0.148. The van der Waals surface area contributed by atoms with Gasteiger partial charge in [-0.15, -0.1) is 0 Å². The van der Waals surface area contributed by atoms with E-state index < -0.39 is 27.3 Å². The van der Waals surface area contributed by atoms with Crippen LogP contribution in [0.1, 0.15) is 5.56 Å². The second kappa shape index (κ2) is 6.92. The number of alkyl halides is 3. The maximum absolute atomic E-state index is 14.5. The van der Waals surface area contributed by atoms with Crippen LogP contribution >= 0.6 is 7.44 Å². The first-order chi connectivity index (χ1) is 10.7.